The Labute approximate surface area is 215 Å². The first-order valence-electron chi connectivity index (χ1n) is 13.0. The monoisotopic (exact) mass is 512 g/mol. The minimum absolute atomic E-state index is 0.0162. The molecule has 4 aliphatic rings. The molecule has 0 spiro atoms. The van der Waals surface area contributed by atoms with Gasteiger partial charge >= 0.3 is 0 Å². The van der Waals surface area contributed by atoms with Crippen molar-refractivity contribution in [2.24, 2.45) is 0 Å². The zero-order chi connectivity index (χ0) is 25.5. The molecule has 0 saturated carbocycles. The van der Waals surface area contributed by atoms with Crippen LogP contribution in [0.3, 0.4) is 0 Å². The number of aromatic nitrogens is 1. The average Bonchev–Trinajstić information content (AvgIpc) is 3.04. The molecule has 10 heteroatoms. The number of hydrogen-bond donors (Lipinski definition) is 1. The SMILES string of the molecule is CC(C)O[C@H]1CC[C@H](C(=O)N2Cc3cc(F)cnc3Nc3ccc(N4C[C@H]5COC[C@@H](C4)O5)cc32)OC1. The summed E-state index contributed by atoms with van der Waals surface area (Å²) in [6.07, 6.45) is 2.04. The maximum absolute atomic E-state index is 14.1. The van der Waals surface area contributed by atoms with Crippen molar-refractivity contribution in [3.05, 3.63) is 41.8 Å². The van der Waals surface area contributed by atoms with Crippen LogP contribution in [0.15, 0.2) is 30.5 Å². The summed E-state index contributed by atoms with van der Waals surface area (Å²) in [5.41, 5.74) is 3.07. The molecule has 3 saturated heterocycles. The number of anilines is 4. The molecule has 0 aliphatic carbocycles. The van der Waals surface area contributed by atoms with E-state index in [1.165, 1.54) is 12.3 Å². The number of carbonyl (C=O) groups excluding carboxylic acids is 1. The molecule has 4 atom stereocenters. The van der Waals surface area contributed by atoms with Crippen LogP contribution in [0.2, 0.25) is 0 Å². The fourth-order valence-electron chi connectivity index (χ4n) is 5.58. The van der Waals surface area contributed by atoms with E-state index in [9.17, 15) is 9.18 Å². The topological polar surface area (TPSA) is 85.4 Å². The van der Waals surface area contributed by atoms with Gasteiger partial charge in [0, 0.05) is 24.3 Å². The van der Waals surface area contributed by atoms with Crippen LogP contribution in [0.1, 0.15) is 32.3 Å². The van der Waals surface area contributed by atoms with Gasteiger partial charge < -0.3 is 34.1 Å². The Balaban J connectivity index is 1.30. The lowest BCUT2D eigenvalue weighted by molar-refractivity contribution is -0.144. The largest absolute Gasteiger partial charge is 0.376 e. The van der Waals surface area contributed by atoms with Gasteiger partial charge in [0.25, 0.3) is 5.91 Å². The van der Waals surface area contributed by atoms with E-state index in [4.69, 9.17) is 18.9 Å². The van der Waals surface area contributed by atoms with Gasteiger partial charge in [0.05, 0.1) is 68.4 Å². The molecule has 1 aromatic heterocycles. The van der Waals surface area contributed by atoms with Crippen LogP contribution >= 0.6 is 0 Å². The minimum Gasteiger partial charge on any atom is -0.376 e. The molecule has 198 valence electrons. The number of pyridine rings is 1. The van der Waals surface area contributed by atoms with Gasteiger partial charge in [0.2, 0.25) is 0 Å². The van der Waals surface area contributed by atoms with Crippen molar-refractivity contribution >= 4 is 28.8 Å². The van der Waals surface area contributed by atoms with E-state index in [-0.39, 0.29) is 36.9 Å². The molecule has 0 unspecified atom stereocenters. The van der Waals surface area contributed by atoms with E-state index in [2.05, 4.69) is 15.2 Å². The Kier molecular flexibility index (Phi) is 6.74. The normalized spacial score (nSPS) is 27.2. The lowest BCUT2D eigenvalue weighted by Gasteiger charge is -2.42. The fourth-order valence-corrected chi connectivity index (χ4v) is 5.58. The number of nitrogens with zero attached hydrogens (tertiary/aromatic N) is 3. The van der Waals surface area contributed by atoms with Crippen molar-refractivity contribution < 1.29 is 28.1 Å². The molecular formula is C27H33FN4O5. The highest BCUT2D eigenvalue weighted by atomic mass is 19.1. The van der Waals surface area contributed by atoms with E-state index in [1.807, 2.05) is 32.0 Å². The number of fused-ring (bicyclic) bond motifs is 4. The highest BCUT2D eigenvalue weighted by Crippen LogP contribution is 2.39. The summed E-state index contributed by atoms with van der Waals surface area (Å²) in [7, 11) is 0. The number of amides is 1. The van der Waals surface area contributed by atoms with Crippen molar-refractivity contribution in [3.8, 4) is 0 Å². The molecule has 1 amide bonds. The molecule has 1 aromatic carbocycles. The zero-order valence-corrected chi connectivity index (χ0v) is 21.2. The van der Waals surface area contributed by atoms with Crippen molar-refractivity contribution in [2.75, 3.05) is 48.0 Å². The minimum atomic E-state index is -0.591. The van der Waals surface area contributed by atoms with Gasteiger partial charge in [-0.05, 0) is 51.0 Å². The lowest BCUT2D eigenvalue weighted by atomic mass is 10.0. The molecular weight excluding hydrogens is 479 g/mol. The first kappa shape index (κ1) is 24.5. The van der Waals surface area contributed by atoms with Gasteiger partial charge in [-0.15, -0.1) is 0 Å². The molecule has 37 heavy (non-hydrogen) atoms. The number of morpholine rings is 1. The molecule has 4 aliphatic heterocycles. The molecule has 0 radical (unpaired) electrons. The van der Waals surface area contributed by atoms with E-state index >= 15 is 0 Å². The molecule has 1 N–H and O–H groups in total. The van der Waals surface area contributed by atoms with Crippen molar-refractivity contribution in [3.63, 3.8) is 0 Å². The summed E-state index contributed by atoms with van der Waals surface area (Å²) < 4.78 is 37.7. The summed E-state index contributed by atoms with van der Waals surface area (Å²) in [5.74, 6) is -0.0458. The van der Waals surface area contributed by atoms with Crippen LogP contribution in [0, 0.1) is 5.82 Å². The highest BCUT2D eigenvalue weighted by molar-refractivity contribution is 6.01. The predicted octanol–water partition coefficient (Wildman–Crippen LogP) is 3.39. The standard InChI is InChI=1S/C27H33FN4O5/c1-16(2)36-20-4-6-25(35-15-20)27(33)32-10-17-7-18(28)9-29-26(17)30-23-5-3-19(8-24(23)32)31-11-21-13-34-14-22(12-31)37-21/h3,5,7-9,16,20-22,25H,4,6,10-15H2,1-2H3,(H,29,30)/t20-,21-,22+,25+/m0/s1. The third-order valence-electron chi connectivity index (χ3n) is 7.23. The van der Waals surface area contributed by atoms with Gasteiger partial charge in [-0.3, -0.25) is 4.79 Å². The van der Waals surface area contributed by atoms with Crippen LogP contribution in [-0.2, 0) is 30.3 Å². The summed E-state index contributed by atoms with van der Waals surface area (Å²) in [6.45, 7) is 7.15. The van der Waals surface area contributed by atoms with Crippen molar-refractivity contribution in [1.29, 1.82) is 0 Å². The van der Waals surface area contributed by atoms with Crippen molar-refractivity contribution in [1.82, 2.24) is 4.98 Å². The van der Waals surface area contributed by atoms with Gasteiger partial charge in [0.1, 0.15) is 17.7 Å². The Hall–Kier alpha value is -2.79. The smallest absolute Gasteiger partial charge is 0.256 e. The number of ether oxygens (including phenoxy) is 4. The highest BCUT2D eigenvalue weighted by Gasteiger charge is 2.36. The van der Waals surface area contributed by atoms with Gasteiger partial charge in [-0.1, -0.05) is 0 Å². The maximum atomic E-state index is 14.1. The first-order valence-corrected chi connectivity index (χ1v) is 13.0. The second-order valence-electron chi connectivity index (χ2n) is 10.4. The van der Waals surface area contributed by atoms with Gasteiger partial charge in [-0.2, -0.15) is 0 Å². The van der Waals surface area contributed by atoms with Gasteiger partial charge in [0.15, 0.2) is 0 Å². The summed E-state index contributed by atoms with van der Waals surface area (Å²) in [6, 6.07) is 7.45. The van der Waals surface area contributed by atoms with Crippen molar-refractivity contribution in [2.45, 2.75) is 63.8 Å². The van der Waals surface area contributed by atoms with Crippen LogP contribution in [0.5, 0.6) is 0 Å². The number of hydrogen-bond acceptors (Lipinski definition) is 8. The number of nitrogens with one attached hydrogen (secondary N) is 1. The van der Waals surface area contributed by atoms with Crippen LogP contribution in [0.4, 0.5) is 27.3 Å². The molecule has 2 bridgehead atoms. The average molecular weight is 513 g/mol. The Bertz CT molecular complexity index is 1140. The number of rotatable bonds is 4. The molecule has 2 aromatic rings. The van der Waals surface area contributed by atoms with E-state index in [0.717, 1.165) is 23.5 Å². The lowest BCUT2D eigenvalue weighted by Crippen LogP contribution is -2.54. The molecule has 3 fully saturated rings. The van der Waals surface area contributed by atoms with Gasteiger partial charge in [-0.25, -0.2) is 9.37 Å². The Morgan fingerprint density at radius 1 is 1.16 bits per heavy atom. The maximum Gasteiger partial charge on any atom is 0.256 e. The predicted molar refractivity (Wildman–Crippen MR) is 136 cm³/mol. The second-order valence-corrected chi connectivity index (χ2v) is 10.4. The molecule has 5 heterocycles. The Morgan fingerprint density at radius 3 is 2.70 bits per heavy atom. The first-order chi connectivity index (χ1) is 17.9. The van der Waals surface area contributed by atoms with Crippen LogP contribution in [0.25, 0.3) is 0 Å². The third-order valence-corrected chi connectivity index (χ3v) is 7.23. The van der Waals surface area contributed by atoms with E-state index in [1.54, 1.807) is 4.90 Å². The summed E-state index contributed by atoms with van der Waals surface area (Å²) >= 11 is 0. The number of carbonyl (C=O) groups is 1. The van der Waals surface area contributed by atoms with E-state index < -0.39 is 11.9 Å². The van der Waals surface area contributed by atoms with Crippen LogP contribution in [-0.4, -0.2) is 74.3 Å². The Morgan fingerprint density at radius 2 is 1.97 bits per heavy atom. The summed E-state index contributed by atoms with van der Waals surface area (Å²) in [4.78, 5) is 22.2. The third kappa shape index (κ3) is 5.16. The fraction of sp³-hybridized carbons (Fsp3) is 0.556. The second kappa shape index (κ2) is 10.2. The quantitative estimate of drug-likeness (QED) is 0.668. The van der Waals surface area contributed by atoms with Crippen LogP contribution < -0.4 is 15.1 Å². The number of halogens is 1. The zero-order valence-electron chi connectivity index (χ0n) is 21.2. The van der Waals surface area contributed by atoms with E-state index in [0.29, 0.717) is 50.7 Å². The number of benzene rings is 1. The molecule has 6 rings (SSSR count). The summed E-state index contributed by atoms with van der Waals surface area (Å²) in [5, 5.41) is 3.32. The molecule has 9 nitrogen and oxygen atoms in total.